The lowest BCUT2D eigenvalue weighted by Gasteiger charge is -2.38. The fourth-order valence-electron chi connectivity index (χ4n) is 10.0. The van der Waals surface area contributed by atoms with Gasteiger partial charge in [0.05, 0.1) is 38.5 Å². The molecule has 57 heavy (non-hydrogen) atoms. The highest BCUT2D eigenvalue weighted by atomic mass is 28.3. The van der Waals surface area contributed by atoms with Gasteiger partial charge in [-0.05, 0) is 48.1 Å². The van der Waals surface area contributed by atoms with Gasteiger partial charge in [0.1, 0.15) is 44.0 Å². The third-order valence-corrected chi connectivity index (χ3v) is 19.1. The number of hydrogen-bond donors (Lipinski definition) is 1. The molecule has 15 heteroatoms. The third kappa shape index (κ3) is 6.41. The van der Waals surface area contributed by atoms with Crippen molar-refractivity contribution in [1.82, 2.24) is 19.9 Å². The minimum atomic E-state index is -2.57. The van der Waals surface area contributed by atoms with Crippen LogP contribution in [-0.4, -0.2) is 91.3 Å². The van der Waals surface area contributed by atoms with E-state index in [1.54, 1.807) is 9.80 Å². The van der Waals surface area contributed by atoms with E-state index in [4.69, 9.17) is 17.9 Å². The topological polar surface area (TPSA) is 89.6 Å². The van der Waals surface area contributed by atoms with Gasteiger partial charge < -0.3 is 20.1 Å². The number of benzene rings is 2. The number of nitrogens with zero attached hydrogens (tertiary/aromatic N) is 5. The Bertz CT molecular complexity index is 2390. The highest BCUT2D eigenvalue weighted by molar-refractivity contribution is 6.90. The van der Waals surface area contributed by atoms with Crippen molar-refractivity contribution < 1.29 is 38.6 Å². The number of nitrogen functional groups attached to an aromatic ring is 1. The van der Waals surface area contributed by atoms with Crippen LogP contribution < -0.4 is 15.4 Å². The van der Waals surface area contributed by atoms with Gasteiger partial charge in [-0.25, -0.2) is 26.3 Å². The zero-order valence-electron chi connectivity index (χ0n) is 34.8. The van der Waals surface area contributed by atoms with E-state index < -0.39 is 95.9 Å². The highest BCUT2D eigenvalue weighted by Gasteiger charge is 2.56. The molecule has 0 bridgehead atoms. The summed E-state index contributed by atoms with van der Waals surface area (Å²) in [5, 5.41) is -0.664. The van der Waals surface area contributed by atoms with E-state index in [9.17, 15) is 4.39 Å². The van der Waals surface area contributed by atoms with Crippen LogP contribution in [0.15, 0.2) is 18.3 Å². The van der Waals surface area contributed by atoms with Gasteiger partial charge in [-0.2, -0.15) is 9.97 Å². The number of nitrogens with two attached hydrogens (primary N) is 1. The first-order valence-electron chi connectivity index (χ1n) is 20.7. The van der Waals surface area contributed by atoms with Gasteiger partial charge in [0.2, 0.25) is 0 Å². The first-order chi connectivity index (χ1) is 27.8. The van der Waals surface area contributed by atoms with E-state index >= 15 is 22.0 Å². The zero-order chi connectivity index (χ0) is 42.5. The summed E-state index contributed by atoms with van der Waals surface area (Å²) in [5.41, 5.74) is 6.93. The number of halogens is 6. The molecule has 0 spiro atoms. The maximum atomic E-state index is 17.5. The quantitative estimate of drug-likeness (QED) is 0.0622. The zero-order valence-corrected chi connectivity index (χ0v) is 33.8. The molecule has 4 aromatic rings. The second-order valence-corrected chi connectivity index (χ2v) is 22.5. The van der Waals surface area contributed by atoms with Gasteiger partial charge in [-0.1, -0.05) is 47.5 Å². The second-order valence-electron chi connectivity index (χ2n) is 16.9. The predicted molar refractivity (Wildman–Crippen MR) is 211 cm³/mol. The van der Waals surface area contributed by atoms with Gasteiger partial charge in [-0.3, -0.25) is 9.88 Å². The summed E-state index contributed by atoms with van der Waals surface area (Å²) in [6.07, 6.45) is -0.549. The van der Waals surface area contributed by atoms with Gasteiger partial charge in [0.25, 0.3) is 0 Å². The second kappa shape index (κ2) is 14.6. The molecule has 4 fully saturated rings. The molecule has 2 aromatic heterocycles. The lowest BCUT2D eigenvalue weighted by Crippen LogP contribution is -2.43. The predicted octanol–water partition coefficient (Wildman–Crippen LogP) is 8.68. The number of hydrogen-bond acceptors (Lipinski definition) is 8. The van der Waals surface area contributed by atoms with E-state index in [-0.39, 0.29) is 77.2 Å². The first-order valence-corrected chi connectivity index (χ1v) is 21.9. The van der Waals surface area contributed by atoms with E-state index in [0.29, 0.717) is 19.4 Å². The van der Waals surface area contributed by atoms with Crippen molar-refractivity contribution in [3.8, 4) is 28.7 Å². The average Bonchev–Trinajstić information content (AvgIpc) is 3.53. The third-order valence-electron chi connectivity index (χ3n) is 12.8. The molecule has 8 nitrogen and oxygen atoms in total. The van der Waals surface area contributed by atoms with Crippen LogP contribution >= 0.6 is 0 Å². The largest absolute Gasteiger partial charge is 0.461 e. The number of rotatable bonds is 8. The van der Waals surface area contributed by atoms with Crippen LogP contribution in [0.4, 0.5) is 37.8 Å². The molecule has 1 aliphatic carbocycles. The minimum absolute atomic E-state index is 0.00970. The molecule has 1 saturated carbocycles. The molecule has 0 unspecified atom stereocenters. The molecule has 3 saturated heterocycles. The number of pyridine rings is 1. The molecule has 4 aliphatic rings. The molecule has 3 aliphatic heterocycles. The van der Waals surface area contributed by atoms with Gasteiger partial charge >= 0.3 is 6.01 Å². The Morgan fingerprint density at radius 2 is 1.74 bits per heavy atom. The van der Waals surface area contributed by atoms with E-state index in [1.165, 1.54) is 12.3 Å². The van der Waals surface area contributed by atoms with Crippen molar-refractivity contribution in [1.29, 1.82) is 0 Å². The molecular weight excluding hydrogens is 763 g/mol. The maximum absolute atomic E-state index is 17.5. The maximum Gasteiger partial charge on any atom is 0.319 e. The monoisotopic (exact) mass is 812 g/mol. The van der Waals surface area contributed by atoms with E-state index in [2.05, 4.69) is 26.4 Å². The smallest absolute Gasteiger partial charge is 0.319 e. The van der Waals surface area contributed by atoms with Crippen LogP contribution in [0.1, 0.15) is 69.1 Å². The Balaban J connectivity index is 1.36. The number of anilines is 2. The Kier molecular flexibility index (Phi) is 9.52. The molecule has 8 rings (SSSR count). The van der Waals surface area contributed by atoms with Crippen molar-refractivity contribution in [3.05, 3.63) is 47.2 Å². The van der Waals surface area contributed by atoms with Crippen LogP contribution in [0.25, 0.3) is 32.9 Å². The fourth-order valence-corrected chi connectivity index (χ4v) is 15.2. The lowest BCUT2D eigenvalue weighted by atomic mass is 9.94. The molecule has 2 aromatic carbocycles. The molecule has 5 heterocycles. The summed E-state index contributed by atoms with van der Waals surface area (Å²) in [5.74, 6) is -3.52. The van der Waals surface area contributed by atoms with Crippen LogP contribution in [0, 0.1) is 40.7 Å². The van der Waals surface area contributed by atoms with E-state index in [1.807, 2.05) is 41.5 Å². The molecular formula is C42H48F6N6O2Si. The summed E-state index contributed by atoms with van der Waals surface area (Å²) >= 11 is 0. The Labute approximate surface area is 332 Å². The van der Waals surface area contributed by atoms with Crippen molar-refractivity contribution in [3.63, 3.8) is 0 Å². The van der Waals surface area contributed by atoms with E-state index in [0.717, 1.165) is 6.07 Å². The lowest BCUT2D eigenvalue weighted by molar-refractivity contribution is 0.107. The van der Waals surface area contributed by atoms with Crippen molar-refractivity contribution >= 4 is 41.3 Å². The van der Waals surface area contributed by atoms with Crippen molar-refractivity contribution in [2.45, 2.75) is 101 Å². The van der Waals surface area contributed by atoms with Crippen molar-refractivity contribution in [2.24, 2.45) is 5.92 Å². The fraction of sp³-hybridized carbons (Fsp3) is 0.548. The number of fused-ring (bicyclic) bond motifs is 4. The normalized spacial score (nSPS) is 25.8. The molecule has 0 radical (unpaired) electrons. The standard InChI is InChI=1S/C42H48F6N6O2Si/c1-21(2)57(22(3)4,23(5)6)13-8-26-31-27(33(45)35(47)32(26)44)14-25(49)15-28(31)37-36(48)38-29(17-50-37)40(54-11-12-55-19-30-34(46)39(30)54)52-41(51-38)56-20-42-9-7-10-53(42)18-24(43)16-42/h14-15,17,21-24,30,34,39H,7,9-12,16,18-20,49H2,1-6H3/t24-,30+,34+,39+,42+/m1/s1/i20D2. The first kappa shape index (κ1) is 37.2. The summed E-state index contributed by atoms with van der Waals surface area (Å²) in [6, 6.07) is 1.13. The van der Waals surface area contributed by atoms with Crippen LogP contribution in [0.5, 0.6) is 6.01 Å². The Morgan fingerprint density at radius 1 is 1.00 bits per heavy atom. The number of alkyl halides is 2. The summed E-state index contributed by atoms with van der Waals surface area (Å²) in [7, 11) is -2.57. The molecule has 304 valence electrons. The molecule has 0 amide bonds. The summed E-state index contributed by atoms with van der Waals surface area (Å²) in [4.78, 5) is 16.7. The van der Waals surface area contributed by atoms with Crippen LogP contribution in [0.3, 0.4) is 0 Å². The molecule has 2 N–H and O–H groups in total. The van der Waals surface area contributed by atoms with Crippen molar-refractivity contribution in [2.75, 3.05) is 50.0 Å². The average molecular weight is 813 g/mol. The van der Waals surface area contributed by atoms with Gasteiger partial charge in [0.15, 0.2) is 23.3 Å². The molecule has 5 atom stereocenters. The minimum Gasteiger partial charge on any atom is -0.461 e. The highest BCUT2D eigenvalue weighted by Crippen LogP contribution is 2.47. The Hall–Kier alpha value is -4.13. The SMILES string of the molecule is [2H]C([2H])(Oc1nc(N2CCOC[C@H]3[C@H](F)[C@H]32)c2cnc(-c3cc(N)cc4c(F)c(F)c(F)c(C#C[Si](C(C)C)(C(C)C)C(C)C)c34)c(F)c2n1)[C@@]12CCCN1C[C@H](F)C2. The number of aromatic nitrogens is 3. The summed E-state index contributed by atoms with van der Waals surface area (Å²) < 4.78 is 125. The van der Waals surface area contributed by atoms with Gasteiger partial charge in [0, 0.05) is 53.6 Å². The van der Waals surface area contributed by atoms with Crippen LogP contribution in [0.2, 0.25) is 16.6 Å². The Morgan fingerprint density at radius 3 is 2.46 bits per heavy atom. The number of ether oxygens (including phenoxy) is 2. The summed E-state index contributed by atoms with van der Waals surface area (Å²) in [6.45, 7) is 10.7. The van der Waals surface area contributed by atoms with Gasteiger partial charge in [-0.15, -0.1) is 5.54 Å². The van der Waals surface area contributed by atoms with Crippen LogP contribution in [-0.2, 0) is 4.74 Å².